The highest BCUT2D eigenvalue weighted by Gasteiger charge is 2.15. The van der Waals surface area contributed by atoms with Crippen LogP contribution in [0.15, 0.2) is 22.7 Å². The van der Waals surface area contributed by atoms with Crippen LogP contribution in [0, 0.1) is 11.7 Å². The van der Waals surface area contributed by atoms with Crippen LogP contribution in [0.1, 0.15) is 32.3 Å². The molecule has 2 atom stereocenters. The maximum Gasteiger partial charge on any atom is 0.123 e. The number of halogens is 2. The van der Waals surface area contributed by atoms with Crippen molar-refractivity contribution < 1.29 is 9.50 Å². The van der Waals surface area contributed by atoms with E-state index in [1.807, 2.05) is 6.92 Å². The predicted molar refractivity (Wildman–Crippen MR) is 67.9 cm³/mol. The van der Waals surface area contributed by atoms with E-state index in [2.05, 4.69) is 22.9 Å². The van der Waals surface area contributed by atoms with Crippen LogP contribution in [0.4, 0.5) is 4.39 Å². The van der Waals surface area contributed by atoms with E-state index in [1.54, 1.807) is 6.07 Å². The summed E-state index contributed by atoms with van der Waals surface area (Å²) in [7, 11) is 0. The van der Waals surface area contributed by atoms with Gasteiger partial charge in [0.1, 0.15) is 5.82 Å². The SMILES string of the molecule is CCCC(C)C(O)Cc1cc(F)ccc1Br. The lowest BCUT2D eigenvalue weighted by molar-refractivity contribution is 0.111. The van der Waals surface area contributed by atoms with Gasteiger partial charge in [-0.25, -0.2) is 4.39 Å². The molecular formula is C13H18BrFO. The lowest BCUT2D eigenvalue weighted by atomic mass is 9.94. The van der Waals surface area contributed by atoms with Crippen molar-refractivity contribution in [3.63, 3.8) is 0 Å². The summed E-state index contributed by atoms with van der Waals surface area (Å²) < 4.78 is 13.9. The molecule has 0 spiro atoms. The first-order chi connectivity index (χ1) is 7.54. The van der Waals surface area contributed by atoms with E-state index in [-0.39, 0.29) is 11.7 Å². The van der Waals surface area contributed by atoms with E-state index in [0.717, 1.165) is 22.9 Å². The summed E-state index contributed by atoms with van der Waals surface area (Å²) in [5.41, 5.74) is 0.829. The van der Waals surface area contributed by atoms with E-state index in [1.165, 1.54) is 12.1 Å². The van der Waals surface area contributed by atoms with Crippen molar-refractivity contribution in [2.75, 3.05) is 0 Å². The Morgan fingerprint density at radius 1 is 1.44 bits per heavy atom. The Kier molecular flexibility index (Phi) is 5.42. The third-order valence-corrected chi connectivity index (χ3v) is 3.61. The summed E-state index contributed by atoms with van der Waals surface area (Å²) in [6.07, 6.45) is 2.15. The first-order valence-corrected chi connectivity index (χ1v) is 6.46. The van der Waals surface area contributed by atoms with E-state index in [4.69, 9.17) is 0 Å². The van der Waals surface area contributed by atoms with Crippen molar-refractivity contribution >= 4 is 15.9 Å². The monoisotopic (exact) mass is 288 g/mol. The highest BCUT2D eigenvalue weighted by Crippen LogP contribution is 2.22. The molecule has 1 aromatic carbocycles. The number of rotatable bonds is 5. The molecular weight excluding hydrogens is 271 g/mol. The lowest BCUT2D eigenvalue weighted by Gasteiger charge is -2.18. The van der Waals surface area contributed by atoms with Crippen LogP contribution in [0.5, 0.6) is 0 Å². The fourth-order valence-corrected chi connectivity index (χ4v) is 2.18. The Hall–Kier alpha value is -0.410. The molecule has 0 aliphatic carbocycles. The highest BCUT2D eigenvalue weighted by molar-refractivity contribution is 9.10. The number of benzene rings is 1. The minimum absolute atomic E-state index is 0.250. The average molecular weight is 289 g/mol. The predicted octanol–water partition coefficient (Wildman–Crippen LogP) is 3.93. The molecule has 16 heavy (non-hydrogen) atoms. The molecule has 90 valence electrons. The summed E-state index contributed by atoms with van der Waals surface area (Å²) in [4.78, 5) is 0. The second kappa shape index (κ2) is 6.36. The fourth-order valence-electron chi connectivity index (χ4n) is 1.77. The summed E-state index contributed by atoms with van der Waals surface area (Å²) in [5.74, 6) is -0.00582. The normalized spacial score (nSPS) is 14.8. The smallest absolute Gasteiger partial charge is 0.123 e. The maximum absolute atomic E-state index is 13.0. The second-order valence-corrected chi connectivity index (χ2v) is 5.13. The van der Waals surface area contributed by atoms with Crippen molar-refractivity contribution in [2.45, 2.75) is 39.2 Å². The molecule has 0 saturated heterocycles. The molecule has 1 N–H and O–H groups in total. The lowest BCUT2D eigenvalue weighted by Crippen LogP contribution is -2.20. The zero-order valence-corrected chi connectivity index (χ0v) is 11.3. The van der Waals surface area contributed by atoms with E-state index in [0.29, 0.717) is 6.42 Å². The molecule has 0 amide bonds. The van der Waals surface area contributed by atoms with E-state index in [9.17, 15) is 9.50 Å². The van der Waals surface area contributed by atoms with Crippen LogP contribution in [0.3, 0.4) is 0 Å². The van der Waals surface area contributed by atoms with Gasteiger partial charge in [-0.2, -0.15) is 0 Å². The minimum atomic E-state index is -0.405. The quantitative estimate of drug-likeness (QED) is 0.870. The van der Waals surface area contributed by atoms with Gasteiger partial charge < -0.3 is 5.11 Å². The molecule has 0 bridgehead atoms. The topological polar surface area (TPSA) is 20.2 Å². The molecule has 0 aliphatic rings. The van der Waals surface area contributed by atoms with Crippen molar-refractivity contribution in [3.05, 3.63) is 34.1 Å². The Morgan fingerprint density at radius 2 is 2.12 bits per heavy atom. The zero-order valence-electron chi connectivity index (χ0n) is 9.71. The average Bonchev–Trinajstić information content (AvgIpc) is 2.23. The molecule has 0 aliphatic heterocycles. The van der Waals surface area contributed by atoms with Crippen molar-refractivity contribution in [1.82, 2.24) is 0 Å². The minimum Gasteiger partial charge on any atom is -0.393 e. The molecule has 0 heterocycles. The van der Waals surface area contributed by atoms with Crippen LogP contribution in [0.25, 0.3) is 0 Å². The highest BCUT2D eigenvalue weighted by atomic mass is 79.9. The van der Waals surface area contributed by atoms with Gasteiger partial charge >= 0.3 is 0 Å². The fraction of sp³-hybridized carbons (Fsp3) is 0.538. The first kappa shape index (κ1) is 13.7. The molecule has 2 unspecified atom stereocenters. The van der Waals surface area contributed by atoms with Crippen LogP contribution in [0.2, 0.25) is 0 Å². The Labute approximate surface area is 105 Å². The summed E-state index contributed by atoms with van der Waals surface area (Å²) in [6, 6.07) is 4.57. The number of aliphatic hydroxyl groups excluding tert-OH is 1. The second-order valence-electron chi connectivity index (χ2n) is 4.27. The summed E-state index contributed by atoms with van der Waals surface area (Å²) in [6.45, 7) is 4.13. The van der Waals surface area contributed by atoms with Crippen LogP contribution in [-0.2, 0) is 6.42 Å². The van der Waals surface area contributed by atoms with Gasteiger partial charge in [-0.15, -0.1) is 0 Å². The van der Waals surface area contributed by atoms with Gasteiger partial charge in [-0.1, -0.05) is 36.2 Å². The van der Waals surface area contributed by atoms with Crippen LogP contribution in [-0.4, -0.2) is 11.2 Å². The third kappa shape index (κ3) is 3.87. The molecule has 0 radical (unpaired) electrons. The van der Waals surface area contributed by atoms with E-state index >= 15 is 0 Å². The van der Waals surface area contributed by atoms with Gasteiger partial charge in [0.25, 0.3) is 0 Å². The van der Waals surface area contributed by atoms with Crippen LogP contribution < -0.4 is 0 Å². The Morgan fingerprint density at radius 3 is 2.75 bits per heavy atom. The van der Waals surface area contributed by atoms with Gasteiger partial charge in [0.05, 0.1) is 6.10 Å². The van der Waals surface area contributed by atoms with Gasteiger partial charge in [-0.05, 0) is 42.5 Å². The summed E-state index contributed by atoms with van der Waals surface area (Å²) in [5, 5.41) is 9.97. The Bertz CT molecular complexity index is 341. The maximum atomic E-state index is 13.0. The van der Waals surface area contributed by atoms with Crippen LogP contribution >= 0.6 is 15.9 Å². The molecule has 1 nitrogen and oxygen atoms in total. The number of aliphatic hydroxyl groups is 1. The number of hydrogen-bond acceptors (Lipinski definition) is 1. The van der Waals surface area contributed by atoms with Crippen molar-refractivity contribution in [2.24, 2.45) is 5.92 Å². The van der Waals surface area contributed by atoms with Crippen molar-refractivity contribution in [3.8, 4) is 0 Å². The number of hydrogen-bond donors (Lipinski definition) is 1. The zero-order chi connectivity index (χ0) is 12.1. The van der Waals surface area contributed by atoms with Crippen molar-refractivity contribution in [1.29, 1.82) is 0 Å². The van der Waals surface area contributed by atoms with Gasteiger partial charge in [0, 0.05) is 4.47 Å². The molecule has 0 saturated carbocycles. The molecule has 1 aromatic rings. The molecule has 1 rings (SSSR count). The van der Waals surface area contributed by atoms with E-state index < -0.39 is 6.10 Å². The standard InChI is InChI=1S/C13H18BrFO/c1-3-4-9(2)13(16)8-10-7-11(15)5-6-12(10)14/h5-7,9,13,16H,3-4,8H2,1-2H3. The largest absolute Gasteiger partial charge is 0.393 e. The third-order valence-electron chi connectivity index (χ3n) is 2.84. The van der Waals surface area contributed by atoms with Gasteiger partial charge in [-0.3, -0.25) is 0 Å². The Balaban J connectivity index is 2.68. The summed E-state index contributed by atoms with van der Waals surface area (Å²) >= 11 is 3.37. The van der Waals surface area contributed by atoms with Gasteiger partial charge in [0.2, 0.25) is 0 Å². The van der Waals surface area contributed by atoms with Gasteiger partial charge in [0.15, 0.2) is 0 Å². The molecule has 3 heteroatoms. The first-order valence-electron chi connectivity index (χ1n) is 5.66. The molecule has 0 fully saturated rings. The molecule has 0 aromatic heterocycles.